The highest BCUT2D eigenvalue weighted by atomic mass is 16.2. The average Bonchev–Trinajstić information content (AvgIpc) is 2.65. The van der Waals surface area contributed by atoms with E-state index in [0.717, 1.165) is 26.2 Å². The summed E-state index contributed by atoms with van der Waals surface area (Å²) in [6.07, 6.45) is 0. The van der Waals surface area contributed by atoms with Crippen LogP contribution in [0.1, 0.15) is 21.5 Å². The minimum atomic E-state index is -0.477. The van der Waals surface area contributed by atoms with Gasteiger partial charge >= 0.3 is 0 Å². The van der Waals surface area contributed by atoms with Crippen LogP contribution < -0.4 is 16.0 Å². The van der Waals surface area contributed by atoms with Gasteiger partial charge in [0.2, 0.25) is 11.8 Å². The molecule has 1 heterocycles. The SMILES string of the molecule is Cc1cccc(N2CCN(CC(=O)Nc3ccc(C(N)=O)cc3)CC2)c1C. The summed E-state index contributed by atoms with van der Waals surface area (Å²) in [6, 6.07) is 13.0. The standard InChI is InChI=1S/C21H26N4O2/c1-15-4-3-5-19(16(15)2)25-12-10-24(11-13-25)14-20(26)23-18-8-6-17(7-9-18)21(22)27/h3-9H,10-14H2,1-2H3,(H2,22,27)(H,23,26). The molecule has 6 heteroatoms. The van der Waals surface area contributed by atoms with Gasteiger partial charge in [0.25, 0.3) is 0 Å². The molecule has 3 N–H and O–H groups in total. The second kappa shape index (κ2) is 8.22. The Morgan fingerprint density at radius 3 is 2.30 bits per heavy atom. The Hall–Kier alpha value is -2.86. The summed E-state index contributed by atoms with van der Waals surface area (Å²) >= 11 is 0. The van der Waals surface area contributed by atoms with Crippen LogP contribution in [-0.4, -0.2) is 49.4 Å². The van der Waals surface area contributed by atoms with Crippen LogP contribution in [0.3, 0.4) is 0 Å². The fourth-order valence-electron chi connectivity index (χ4n) is 3.35. The smallest absolute Gasteiger partial charge is 0.248 e. The molecule has 2 aromatic carbocycles. The molecular formula is C21H26N4O2. The summed E-state index contributed by atoms with van der Waals surface area (Å²) in [5.74, 6) is -0.531. The first-order valence-corrected chi connectivity index (χ1v) is 9.17. The zero-order valence-electron chi connectivity index (χ0n) is 15.9. The molecule has 2 amide bonds. The summed E-state index contributed by atoms with van der Waals surface area (Å²) in [5.41, 5.74) is 10.2. The lowest BCUT2D eigenvalue weighted by atomic mass is 10.1. The number of hydrogen-bond acceptors (Lipinski definition) is 4. The molecule has 0 spiro atoms. The highest BCUT2D eigenvalue weighted by Gasteiger charge is 2.20. The lowest BCUT2D eigenvalue weighted by molar-refractivity contribution is -0.117. The van der Waals surface area contributed by atoms with Crippen LogP contribution in [0.2, 0.25) is 0 Å². The van der Waals surface area contributed by atoms with Crippen molar-refractivity contribution < 1.29 is 9.59 Å². The second-order valence-electron chi connectivity index (χ2n) is 6.97. The number of piperazine rings is 1. The maximum atomic E-state index is 12.3. The van der Waals surface area contributed by atoms with Gasteiger partial charge in [-0.1, -0.05) is 12.1 Å². The van der Waals surface area contributed by atoms with Gasteiger partial charge in [0.15, 0.2) is 0 Å². The molecule has 1 aliphatic heterocycles. The fraction of sp³-hybridized carbons (Fsp3) is 0.333. The summed E-state index contributed by atoms with van der Waals surface area (Å²) in [5, 5.41) is 2.87. The number of nitrogens with two attached hydrogens (primary N) is 1. The third-order valence-corrected chi connectivity index (χ3v) is 5.11. The molecule has 0 aromatic heterocycles. The van der Waals surface area contributed by atoms with Gasteiger partial charge in [0.05, 0.1) is 6.54 Å². The highest BCUT2D eigenvalue weighted by Crippen LogP contribution is 2.23. The van der Waals surface area contributed by atoms with E-state index in [-0.39, 0.29) is 5.91 Å². The van der Waals surface area contributed by atoms with E-state index in [0.29, 0.717) is 17.8 Å². The molecule has 0 atom stereocenters. The van der Waals surface area contributed by atoms with Crippen molar-refractivity contribution in [1.29, 1.82) is 0 Å². The van der Waals surface area contributed by atoms with E-state index in [1.165, 1.54) is 16.8 Å². The summed E-state index contributed by atoms with van der Waals surface area (Å²) < 4.78 is 0. The maximum absolute atomic E-state index is 12.3. The molecule has 0 aliphatic carbocycles. The van der Waals surface area contributed by atoms with Crippen molar-refractivity contribution in [3.63, 3.8) is 0 Å². The summed E-state index contributed by atoms with van der Waals surface area (Å²) in [4.78, 5) is 27.9. The fourth-order valence-corrected chi connectivity index (χ4v) is 3.35. The predicted molar refractivity (Wildman–Crippen MR) is 108 cm³/mol. The molecule has 1 saturated heterocycles. The lowest BCUT2D eigenvalue weighted by Gasteiger charge is -2.36. The van der Waals surface area contributed by atoms with E-state index in [9.17, 15) is 9.59 Å². The third-order valence-electron chi connectivity index (χ3n) is 5.11. The van der Waals surface area contributed by atoms with Gasteiger partial charge < -0.3 is 16.0 Å². The number of amides is 2. The van der Waals surface area contributed by atoms with E-state index in [4.69, 9.17) is 5.73 Å². The zero-order valence-corrected chi connectivity index (χ0v) is 15.9. The molecule has 0 saturated carbocycles. The first kappa shape index (κ1) is 18.9. The number of hydrogen-bond donors (Lipinski definition) is 2. The van der Waals surface area contributed by atoms with Crippen molar-refractivity contribution in [1.82, 2.24) is 4.90 Å². The van der Waals surface area contributed by atoms with E-state index >= 15 is 0 Å². The van der Waals surface area contributed by atoms with Gasteiger partial charge in [0.1, 0.15) is 0 Å². The normalized spacial score (nSPS) is 14.8. The van der Waals surface area contributed by atoms with Crippen LogP contribution >= 0.6 is 0 Å². The maximum Gasteiger partial charge on any atom is 0.248 e. The zero-order chi connectivity index (χ0) is 19.4. The summed E-state index contributed by atoms with van der Waals surface area (Å²) in [7, 11) is 0. The number of rotatable bonds is 5. The molecule has 1 aliphatic rings. The number of anilines is 2. The monoisotopic (exact) mass is 366 g/mol. The lowest BCUT2D eigenvalue weighted by Crippen LogP contribution is -2.48. The number of carbonyl (C=O) groups excluding carboxylic acids is 2. The average molecular weight is 366 g/mol. The minimum absolute atomic E-state index is 0.0537. The van der Waals surface area contributed by atoms with Crippen molar-refractivity contribution in [3.8, 4) is 0 Å². The van der Waals surface area contributed by atoms with Crippen molar-refractivity contribution in [2.24, 2.45) is 5.73 Å². The topological polar surface area (TPSA) is 78.7 Å². The Morgan fingerprint density at radius 1 is 1.00 bits per heavy atom. The predicted octanol–water partition coefficient (Wildman–Crippen LogP) is 2.16. The van der Waals surface area contributed by atoms with Crippen LogP contribution in [0.25, 0.3) is 0 Å². The van der Waals surface area contributed by atoms with Gasteiger partial charge in [-0.25, -0.2) is 0 Å². The molecule has 3 rings (SSSR count). The van der Waals surface area contributed by atoms with Crippen molar-refractivity contribution in [3.05, 3.63) is 59.2 Å². The quantitative estimate of drug-likeness (QED) is 0.850. The van der Waals surface area contributed by atoms with E-state index < -0.39 is 5.91 Å². The van der Waals surface area contributed by atoms with Gasteiger partial charge in [-0.15, -0.1) is 0 Å². The molecule has 2 aromatic rings. The largest absolute Gasteiger partial charge is 0.369 e. The Bertz CT molecular complexity index is 825. The van der Waals surface area contributed by atoms with Gasteiger partial charge in [0, 0.05) is 43.1 Å². The highest BCUT2D eigenvalue weighted by molar-refractivity contribution is 5.95. The molecule has 27 heavy (non-hydrogen) atoms. The molecule has 142 valence electrons. The Labute approximate surface area is 159 Å². The Morgan fingerprint density at radius 2 is 1.67 bits per heavy atom. The number of nitrogens with zero attached hydrogens (tertiary/aromatic N) is 2. The van der Waals surface area contributed by atoms with Gasteiger partial charge in [-0.2, -0.15) is 0 Å². The van der Waals surface area contributed by atoms with Crippen LogP contribution in [0.4, 0.5) is 11.4 Å². The number of carbonyl (C=O) groups is 2. The van der Waals surface area contributed by atoms with Crippen molar-refractivity contribution >= 4 is 23.2 Å². The van der Waals surface area contributed by atoms with Crippen molar-refractivity contribution in [2.45, 2.75) is 13.8 Å². The number of aryl methyl sites for hydroxylation is 1. The van der Waals surface area contributed by atoms with Crippen LogP contribution in [-0.2, 0) is 4.79 Å². The Kier molecular flexibility index (Phi) is 5.76. The Balaban J connectivity index is 1.50. The van der Waals surface area contributed by atoms with Crippen LogP contribution in [0.15, 0.2) is 42.5 Å². The molecular weight excluding hydrogens is 340 g/mol. The van der Waals surface area contributed by atoms with Crippen LogP contribution in [0.5, 0.6) is 0 Å². The number of primary amides is 1. The molecule has 0 radical (unpaired) electrons. The van der Waals surface area contributed by atoms with Crippen LogP contribution in [0, 0.1) is 13.8 Å². The minimum Gasteiger partial charge on any atom is -0.369 e. The van der Waals surface area contributed by atoms with Gasteiger partial charge in [-0.05, 0) is 55.3 Å². The summed E-state index contributed by atoms with van der Waals surface area (Å²) in [6.45, 7) is 8.17. The second-order valence-corrected chi connectivity index (χ2v) is 6.97. The van der Waals surface area contributed by atoms with E-state index in [1.807, 2.05) is 0 Å². The molecule has 6 nitrogen and oxygen atoms in total. The first-order valence-electron chi connectivity index (χ1n) is 9.17. The number of benzene rings is 2. The molecule has 0 unspecified atom stereocenters. The van der Waals surface area contributed by atoms with Gasteiger partial charge in [-0.3, -0.25) is 14.5 Å². The van der Waals surface area contributed by atoms with E-state index in [2.05, 4.69) is 47.2 Å². The first-order chi connectivity index (χ1) is 12.9. The van der Waals surface area contributed by atoms with E-state index in [1.54, 1.807) is 24.3 Å². The molecule has 0 bridgehead atoms. The van der Waals surface area contributed by atoms with Crippen molar-refractivity contribution in [2.75, 3.05) is 42.9 Å². The number of nitrogens with one attached hydrogen (secondary N) is 1. The molecule has 1 fully saturated rings. The third kappa shape index (κ3) is 4.65.